The Morgan fingerprint density at radius 2 is 1.36 bits per heavy atom. The lowest BCUT2D eigenvalue weighted by Gasteiger charge is -2.09. The zero-order valence-corrected chi connectivity index (χ0v) is 14.0. The van der Waals surface area contributed by atoms with Crippen molar-refractivity contribution in [2.24, 2.45) is 0 Å². The Kier molecular flexibility index (Phi) is 6.50. The molecule has 0 aromatic heterocycles. The Bertz CT molecular complexity index is 473. The Labute approximate surface area is 140 Å². The first-order valence-electron chi connectivity index (χ1n) is 7.19. The fourth-order valence-corrected chi connectivity index (χ4v) is 2.47. The van der Waals surface area contributed by atoms with Crippen molar-refractivity contribution < 1.29 is 19.1 Å². The normalized spacial score (nSPS) is 17.4. The van der Waals surface area contributed by atoms with E-state index in [4.69, 9.17) is 9.47 Å². The summed E-state index contributed by atoms with van der Waals surface area (Å²) in [4.78, 5) is 24.5. The highest BCUT2D eigenvalue weighted by molar-refractivity contribution is 7.80. The summed E-state index contributed by atoms with van der Waals surface area (Å²) in [6, 6.07) is 0. The lowest BCUT2D eigenvalue weighted by atomic mass is 10.1. The van der Waals surface area contributed by atoms with Crippen molar-refractivity contribution in [2.75, 3.05) is 37.8 Å². The molecule has 122 valence electrons. The molecule has 1 saturated heterocycles. The highest BCUT2D eigenvalue weighted by atomic mass is 32.1. The number of hydrogen-bond acceptors (Lipinski definition) is 6. The quantitative estimate of drug-likeness (QED) is 0.527. The molecular weight excluding hydrogens is 324 g/mol. The maximum atomic E-state index is 12.2. The van der Waals surface area contributed by atoms with E-state index in [0.29, 0.717) is 66.9 Å². The van der Waals surface area contributed by atoms with Crippen LogP contribution >= 0.6 is 25.3 Å². The molecule has 0 bridgehead atoms. The molecule has 2 N–H and O–H groups in total. The zero-order chi connectivity index (χ0) is 15.9. The van der Waals surface area contributed by atoms with Gasteiger partial charge in [-0.25, -0.2) is 0 Å². The van der Waals surface area contributed by atoms with Gasteiger partial charge in [0, 0.05) is 37.4 Å². The molecule has 6 nitrogen and oxygen atoms in total. The van der Waals surface area contributed by atoms with Crippen molar-refractivity contribution in [1.29, 1.82) is 0 Å². The second-order valence-electron chi connectivity index (χ2n) is 4.80. The Hall–Kier alpha value is -1.28. The van der Waals surface area contributed by atoms with Crippen LogP contribution in [-0.4, -0.2) is 49.6 Å². The number of carbonyl (C=O) groups excluding carboxylic acids is 2. The molecule has 2 amide bonds. The van der Waals surface area contributed by atoms with E-state index < -0.39 is 0 Å². The van der Waals surface area contributed by atoms with Crippen molar-refractivity contribution in [3.05, 3.63) is 22.7 Å². The molecule has 0 aromatic rings. The van der Waals surface area contributed by atoms with Gasteiger partial charge in [0.1, 0.15) is 0 Å². The molecule has 0 aromatic carbocycles. The molecule has 0 spiro atoms. The van der Waals surface area contributed by atoms with E-state index in [1.165, 1.54) is 0 Å². The standard InChI is InChI=1S/C14H20N2O4S2/c17-13(15-2-6-21)9-8-10(14(18)16-3-7-22)12-11(9)19-4-1-5-20-12/h21-22H,1-8H2,(H,15,17)(H,16,18). The number of ether oxygens (including phenoxy) is 2. The van der Waals surface area contributed by atoms with Crippen molar-refractivity contribution in [1.82, 2.24) is 10.6 Å². The molecule has 0 radical (unpaired) electrons. The van der Waals surface area contributed by atoms with E-state index in [-0.39, 0.29) is 18.2 Å². The number of hydrogen-bond donors (Lipinski definition) is 4. The Morgan fingerprint density at radius 3 is 1.77 bits per heavy atom. The minimum Gasteiger partial charge on any atom is -0.489 e. The molecule has 0 saturated carbocycles. The van der Waals surface area contributed by atoms with Crippen molar-refractivity contribution in [3.63, 3.8) is 0 Å². The van der Waals surface area contributed by atoms with Crippen LogP contribution in [0.25, 0.3) is 0 Å². The number of fused-ring (bicyclic) bond motifs is 1. The van der Waals surface area contributed by atoms with Crippen LogP contribution in [-0.2, 0) is 19.1 Å². The van der Waals surface area contributed by atoms with Gasteiger partial charge in [0.2, 0.25) is 0 Å². The van der Waals surface area contributed by atoms with Gasteiger partial charge in [0.05, 0.1) is 24.4 Å². The summed E-state index contributed by atoms with van der Waals surface area (Å²) < 4.78 is 11.3. The van der Waals surface area contributed by atoms with Crippen molar-refractivity contribution >= 4 is 37.1 Å². The molecule has 8 heteroatoms. The van der Waals surface area contributed by atoms with Crippen LogP contribution in [0.15, 0.2) is 22.7 Å². The van der Waals surface area contributed by atoms with E-state index in [1.807, 2.05) is 0 Å². The van der Waals surface area contributed by atoms with E-state index in [0.717, 1.165) is 0 Å². The summed E-state index contributed by atoms with van der Waals surface area (Å²) in [6.45, 7) is 1.84. The van der Waals surface area contributed by atoms with Crippen LogP contribution in [0, 0.1) is 0 Å². The largest absolute Gasteiger partial charge is 0.489 e. The Balaban J connectivity index is 2.21. The summed E-state index contributed by atoms with van der Waals surface area (Å²) in [7, 11) is 0. The van der Waals surface area contributed by atoms with E-state index in [2.05, 4.69) is 35.9 Å². The van der Waals surface area contributed by atoms with Gasteiger partial charge in [-0.2, -0.15) is 25.3 Å². The average Bonchev–Trinajstić information content (AvgIpc) is 2.72. The summed E-state index contributed by atoms with van der Waals surface area (Å²) >= 11 is 8.14. The molecule has 2 aliphatic rings. The first-order chi connectivity index (χ1) is 10.7. The van der Waals surface area contributed by atoms with E-state index >= 15 is 0 Å². The van der Waals surface area contributed by atoms with E-state index in [9.17, 15) is 9.59 Å². The lowest BCUT2D eigenvalue weighted by molar-refractivity contribution is -0.117. The highest BCUT2D eigenvalue weighted by Gasteiger charge is 2.35. The number of carbonyl (C=O) groups is 2. The fraction of sp³-hybridized carbons (Fsp3) is 0.571. The maximum absolute atomic E-state index is 12.2. The molecular formula is C14H20N2O4S2. The fourth-order valence-electron chi connectivity index (χ4n) is 2.24. The second kappa shape index (κ2) is 8.38. The molecule has 1 fully saturated rings. The van der Waals surface area contributed by atoms with Crippen LogP contribution in [0.3, 0.4) is 0 Å². The summed E-state index contributed by atoms with van der Waals surface area (Å²) in [5.74, 6) is 1.38. The monoisotopic (exact) mass is 344 g/mol. The van der Waals surface area contributed by atoms with Gasteiger partial charge >= 0.3 is 0 Å². The Morgan fingerprint density at radius 1 is 0.909 bits per heavy atom. The van der Waals surface area contributed by atoms with Gasteiger partial charge < -0.3 is 20.1 Å². The SMILES string of the molecule is O=C(NCCS)C1=C2OCCCOC2=C(C(=O)NCCS)C1. The minimum atomic E-state index is -0.246. The summed E-state index contributed by atoms with van der Waals surface area (Å²) in [5.41, 5.74) is 0.879. The topological polar surface area (TPSA) is 76.7 Å². The van der Waals surface area contributed by atoms with Crippen molar-refractivity contribution in [3.8, 4) is 0 Å². The average molecular weight is 344 g/mol. The first-order valence-corrected chi connectivity index (χ1v) is 8.46. The minimum absolute atomic E-state index is 0.210. The summed E-state index contributed by atoms with van der Waals surface area (Å²) in [6.07, 6.45) is 0.922. The van der Waals surface area contributed by atoms with Crippen molar-refractivity contribution in [2.45, 2.75) is 12.8 Å². The van der Waals surface area contributed by atoms with Gasteiger partial charge in [-0.1, -0.05) is 0 Å². The third-order valence-electron chi connectivity index (χ3n) is 3.23. The molecule has 0 unspecified atom stereocenters. The third-order valence-corrected chi connectivity index (χ3v) is 3.68. The smallest absolute Gasteiger partial charge is 0.251 e. The number of rotatable bonds is 6. The number of thiol groups is 2. The maximum Gasteiger partial charge on any atom is 0.251 e. The molecule has 22 heavy (non-hydrogen) atoms. The van der Waals surface area contributed by atoms with Gasteiger partial charge in [0.25, 0.3) is 11.8 Å². The molecule has 1 aliphatic carbocycles. The predicted molar refractivity (Wildman–Crippen MR) is 88.9 cm³/mol. The third kappa shape index (κ3) is 3.92. The number of amides is 2. The second-order valence-corrected chi connectivity index (χ2v) is 5.70. The zero-order valence-electron chi connectivity index (χ0n) is 12.2. The van der Waals surface area contributed by atoms with Gasteiger partial charge in [-0.3, -0.25) is 9.59 Å². The van der Waals surface area contributed by atoms with Crippen LogP contribution in [0.4, 0.5) is 0 Å². The predicted octanol–water partition coefficient (Wildman–Crippen LogP) is 0.427. The molecule has 2 rings (SSSR count). The molecule has 0 atom stereocenters. The van der Waals surface area contributed by atoms with Crippen LogP contribution in [0.5, 0.6) is 0 Å². The lowest BCUT2D eigenvalue weighted by Crippen LogP contribution is -2.29. The summed E-state index contributed by atoms with van der Waals surface area (Å²) in [5, 5.41) is 5.50. The molecule has 1 heterocycles. The van der Waals surface area contributed by atoms with Gasteiger partial charge in [-0.05, 0) is 0 Å². The van der Waals surface area contributed by atoms with Gasteiger partial charge in [0.15, 0.2) is 11.5 Å². The van der Waals surface area contributed by atoms with Crippen LogP contribution in [0.1, 0.15) is 12.8 Å². The number of nitrogens with one attached hydrogen (secondary N) is 2. The van der Waals surface area contributed by atoms with Crippen LogP contribution < -0.4 is 10.6 Å². The highest BCUT2D eigenvalue weighted by Crippen LogP contribution is 2.35. The van der Waals surface area contributed by atoms with E-state index in [1.54, 1.807) is 0 Å². The van der Waals surface area contributed by atoms with Crippen LogP contribution in [0.2, 0.25) is 0 Å². The first kappa shape index (κ1) is 17.1. The van der Waals surface area contributed by atoms with Gasteiger partial charge in [-0.15, -0.1) is 0 Å². The molecule has 1 aliphatic heterocycles.